The molecule has 0 amide bonds. The van der Waals surface area contributed by atoms with Crippen molar-refractivity contribution in [1.29, 1.82) is 0 Å². The highest BCUT2D eigenvalue weighted by Crippen LogP contribution is 2.18. The first-order valence-corrected chi connectivity index (χ1v) is 6.16. The van der Waals surface area contributed by atoms with Gasteiger partial charge in [0, 0.05) is 19.6 Å². The second-order valence-electron chi connectivity index (χ2n) is 4.34. The van der Waals surface area contributed by atoms with Crippen molar-refractivity contribution in [3.8, 4) is 0 Å². The third-order valence-electron chi connectivity index (χ3n) is 3.10. The summed E-state index contributed by atoms with van der Waals surface area (Å²) in [6.45, 7) is 7.72. The lowest BCUT2D eigenvalue weighted by Crippen LogP contribution is -2.38. The fourth-order valence-electron chi connectivity index (χ4n) is 2.06. The minimum Gasteiger partial charge on any atom is -0.492 e. The summed E-state index contributed by atoms with van der Waals surface area (Å²) in [7, 11) is 0. The third kappa shape index (κ3) is 3.35. The first-order valence-electron chi connectivity index (χ1n) is 6.16. The van der Waals surface area contributed by atoms with Crippen LogP contribution in [0, 0.1) is 0 Å². The van der Waals surface area contributed by atoms with Gasteiger partial charge in [-0.15, -0.1) is 0 Å². The van der Waals surface area contributed by atoms with Crippen LogP contribution in [0.4, 0.5) is 0 Å². The SMILES string of the molecule is CC1=CCCC=C1OCCN1CCOCC1. The average Bonchev–Trinajstić information content (AvgIpc) is 2.33. The van der Waals surface area contributed by atoms with E-state index < -0.39 is 0 Å². The number of hydrogen-bond donors (Lipinski definition) is 0. The van der Waals surface area contributed by atoms with E-state index in [0.717, 1.165) is 58.1 Å². The molecule has 0 radical (unpaired) electrons. The maximum Gasteiger partial charge on any atom is 0.117 e. The molecule has 0 aromatic rings. The van der Waals surface area contributed by atoms with Crippen molar-refractivity contribution >= 4 is 0 Å². The first-order chi connectivity index (χ1) is 7.86. The van der Waals surface area contributed by atoms with Crippen LogP contribution in [0.3, 0.4) is 0 Å². The highest BCUT2D eigenvalue weighted by Gasteiger charge is 2.11. The smallest absolute Gasteiger partial charge is 0.117 e. The van der Waals surface area contributed by atoms with E-state index in [2.05, 4.69) is 24.0 Å². The van der Waals surface area contributed by atoms with Gasteiger partial charge >= 0.3 is 0 Å². The van der Waals surface area contributed by atoms with Gasteiger partial charge in [-0.25, -0.2) is 0 Å². The Morgan fingerprint density at radius 1 is 1.25 bits per heavy atom. The largest absolute Gasteiger partial charge is 0.492 e. The highest BCUT2D eigenvalue weighted by molar-refractivity contribution is 5.26. The second kappa shape index (κ2) is 6.06. The van der Waals surface area contributed by atoms with Crippen LogP contribution in [0.2, 0.25) is 0 Å². The molecule has 2 aliphatic rings. The minimum atomic E-state index is 0.789. The molecule has 90 valence electrons. The number of nitrogens with zero attached hydrogens (tertiary/aromatic N) is 1. The molecule has 1 fully saturated rings. The lowest BCUT2D eigenvalue weighted by atomic mass is 10.1. The average molecular weight is 223 g/mol. The highest BCUT2D eigenvalue weighted by atomic mass is 16.5. The van der Waals surface area contributed by atoms with Crippen LogP contribution in [0.25, 0.3) is 0 Å². The van der Waals surface area contributed by atoms with Gasteiger partial charge in [0.15, 0.2) is 0 Å². The third-order valence-corrected chi connectivity index (χ3v) is 3.10. The molecule has 0 atom stereocenters. The van der Waals surface area contributed by atoms with Crippen LogP contribution >= 0.6 is 0 Å². The Balaban J connectivity index is 1.67. The van der Waals surface area contributed by atoms with Gasteiger partial charge in [-0.1, -0.05) is 6.08 Å². The normalized spacial score (nSPS) is 22.6. The van der Waals surface area contributed by atoms with Gasteiger partial charge in [0.05, 0.1) is 13.2 Å². The zero-order chi connectivity index (χ0) is 11.2. The van der Waals surface area contributed by atoms with Crippen LogP contribution in [0.15, 0.2) is 23.5 Å². The van der Waals surface area contributed by atoms with Gasteiger partial charge in [-0.3, -0.25) is 4.90 Å². The molecule has 1 saturated heterocycles. The van der Waals surface area contributed by atoms with Crippen molar-refractivity contribution in [3.63, 3.8) is 0 Å². The van der Waals surface area contributed by atoms with Crippen molar-refractivity contribution in [3.05, 3.63) is 23.5 Å². The molecule has 0 unspecified atom stereocenters. The summed E-state index contributed by atoms with van der Waals surface area (Å²) in [5, 5.41) is 0. The van der Waals surface area contributed by atoms with E-state index in [9.17, 15) is 0 Å². The zero-order valence-electron chi connectivity index (χ0n) is 10.1. The number of allylic oxidation sites excluding steroid dienone is 3. The molecule has 3 nitrogen and oxygen atoms in total. The minimum absolute atomic E-state index is 0.789. The van der Waals surface area contributed by atoms with Crippen LogP contribution < -0.4 is 0 Å². The predicted octanol–water partition coefficient (Wildman–Crippen LogP) is 1.96. The van der Waals surface area contributed by atoms with Gasteiger partial charge in [-0.2, -0.15) is 0 Å². The lowest BCUT2D eigenvalue weighted by molar-refractivity contribution is 0.0278. The van der Waals surface area contributed by atoms with Gasteiger partial charge in [0.2, 0.25) is 0 Å². The lowest BCUT2D eigenvalue weighted by Gasteiger charge is -2.26. The summed E-state index contributed by atoms with van der Waals surface area (Å²) in [6, 6.07) is 0. The fraction of sp³-hybridized carbons (Fsp3) is 0.692. The molecular weight excluding hydrogens is 202 g/mol. The van der Waals surface area contributed by atoms with E-state index in [0.29, 0.717) is 0 Å². The number of ether oxygens (including phenoxy) is 2. The van der Waals surface area contributed by atoms with E-state index in [1.165, 1.54) is 5.57 Å². The molecule has 0 aromatic carbocycles. The van der Waals surface area contributed by atoms with E-state index in [4.69, 9.17) is 9.47 Å². The number of rotatable bonds is 4. The van der Waals surface area contributed by atoms with Crippen LogP contribution in [-0.2, 0) is 9.47 Å². The molecule has 16 heavy (non-hydrogen) atoms. The molecule has 0 bridgehead atoms. The zero-order valence-corrected chi connectivity index (χ0v) is 10.1. The fourth-order valence-corrected chi connectivity index (χ4v) is 2.06. The summed E-state index contributed by atoms with van der Waals surface area (Å²) in [6.07, 6.45) is 6.73. The Kier molecular flexibility index (Phi) is 4.43. The van der Waals surface area contributed by atoms with Crippen molar-refractivity contribution in [2.75, 3.05) is 39.5 Å². The number of morpholine rings is 1. The van der Waals surface area contributed by atoms with E-state index >= 15 is 0 Å². The van der Waals surface area contributed by atoms with Crippen molar-refractivity contribution < 1.29 is 9.47 Å². The molecule has 1 aliphatic heterocycles. The molecule has 1 aliphatic carbocycles. The van der Waals surface area contributed by atoms with E-state index in [-0.39, 0.29) is 0 Å². The summed E-state index contributed by atoms with van der Waals surface area (Å²) >= 11 is 0. The van der Waals surface area contributed by atoms with Crippen LogP contribution in [0.1, 0.15) is 19.8 Å². The first kappa shape index (κ1) is 11.7. The second-order valence-corrected chi connectivity index (χ2v) is 4.34. The quantitative estimate of drug-likeness (QED) is 0.727. The van der Waals surface area contributed by atoms with Gasteiger partial charge in [0.1, 0.15) is 12.4 Å². The molecule has 2 rings (SSSR count). The monoisotopic (exact) mass is 223 g/mol. The van der Waals surface area contributed by atoms with E-state index in [1.54, 1.807) is 0 Å². The summed E-state index contributed by atoms with van der Waals surface area (Å²) in [5.74, 6) is 1.08. The molecular formula is C13H21NO2. The Morgan fingerprint density at radius 2 is 2.00 bits per heavy atom. The maximum atomic E-state index is 5.81. The summed E-state index contributed by atoms with van der Waals surface area (Å²) in [4.78, 5) is 2.39. The predicted molar refractivity (Wildman–Crippen MR) is 64.3 cm³/mol. The molecule has 0 aromatic heterocycles. The van der Waals surface area contributed by atoms with Crippen LogP contribution in [0.5, 0.6) is 0 Å². The summed E-state index contributed by atoms with van der Waals surface area (Å²) < 4.78 is 11.1. The topological polar surface area (TPSA) is 21.7 Å². The van der Waals surface area contributed by atoms with Crippen molar-refractivity contribution in [1.82, 2.24) is 4.90 Å². The van der Waals surface area contributed by atoms with Crippen LogP contribution in [-0.4, -0.2) is 44.4 Å². The molecule has 1 heterocycles. The number of hydrogen-bond acceptors (Lipinski definition) is 3. The Bertz CT molecular complexity index is 278. The Morgan fingerprint density at radius 3 is 2.75 bits per heavy atom. The Hall–Kier alpha value is -0.800. The standard InChI is InChI=1S/C13H21NO2/c1-12-4-2-3-5-13(12)16-11-8-14-6-9-15-10-7-14/h4-5H,2-3,6-11H2,1H3. The Labute approximate surface area is 97.7 Å². The van der Waals surface area contributed by atoms with Crippen molar-refractivity contribution in [2.45, 2.75) is 19.8 Å². The molecule has 3 heteroatoms. The van der Waals surface area contributed by atoms with Gasteiger partial charge in [0.25, 0.3) is 0 Å². The summed E-state index contributed by atoms with van der Waals surface area (Å²) in [5.41, 5.74) is 1.29. The van der Waals surface area contributed by atoms with Gasteiger partial charge in [-0.05, 0) is 31.4 Å². The van der Waals surface area contributed by atoms with Gasteiger partial charge < -0.3 is 9.47 Å². The molecule has 0 saturated carbocycles. The maximum absolute atomic E-state index is 5.81. The van der Waals surface area contributed by atoms with Crippen molar-refractivity contribution in [2.24, 2.45) is 0 Å². The molecule has 0 N–H and O–H groups in total. The molecule has 0 spiro atoms. The van der Waals surface area contributed by atoms with E-state index in [1.807, 2.05) is 0 Å².